The van der Waals surface area contributed by atoms with Gasteiger partial charge in [0.2, 0.25) is 5.91 Å². The lowest BCUT2D eigenvalue weighted by atomic mass is 10.0. The first-order valence-corrected chi connectivity index (χ1v) is 7.72. The van der Waals surface area contributed by atoms with E-state index < -0.39 is 12.0 Å². The van der Waals surface area contributed by atoms with Crippen LogP contribution in [0.3, 0.4) is 0 Å². The van der Waals surface area contributed by atoms with Crippen molar-refractivity contribution in [3.63, 3.8) is 0 Å². The van der Waals surface area contributed by atoms with Gasteiger partial charge in [0, 0.05) is 10.5 Å². The zero-order chi connectivity index (χ0) is 16.7. The number of hydrogen-bond acceptors (Lipinski definition) is 4. The average molecular weight is 378 g/mol. The van der Waals surface area contributed by atoms with Gasteiger partial charge in [-0.15, -0.1) is 0 Å². The Kier molecular flexibility index (Phi) is 6.17. The fraction of sp³-hybridized carbons (Fsp3) is 0.176. The number of halogens is 1. The third-order valence-electron chi connectivity index (χ3n) is 3.11. The standard InChI is InChI=1S/C17H16BrNO4/c1-22-17(21)11-15(12-4-2-5-13(18)10-12)19-16(20)8-7-14-6-3-9-23-14/h2-10,15H,11H2,1H3,(H,19,20)/b8-7+. The summed E-state index contributed by atoms with van der Waals surface area (Å²) < 4.78 is 10.7. The molecule has 1 N–H and O–H groups in total. The van der Waals surface area contributed by atoms with Crippen molar-refractivity contribution in [1.82, 2.24) is 5.32 Å². The van der Waals surface area contributed by atoms with Gasteiger partial charge in [0.15, 0.2) is 0 Å². The SMILES string of the molecule is COC(=O)CC(NC(=O)/C=C/c1ccco1)c1cccc(Br)c1. The van der Waals surface area contributed by atoms with Gasteiger partial charge in [0.25, 0.3) is 0 Å². The number of rotatable bonds is 6. The summed E-state index contributed by atoms with van der Waals surface area (Å²) in [6.07, 6.45) is 4.50. The lowest BCUT2D eigenvalue weighted by Crippen LogP contribution is -2.29. The zero-order valence-electron chi connectivity index (χ0n) is 12.5. The fourth-order valence-electron chi connectivity index (χ4n) is 1.99. The van der Waals surface area contributed by atoms with Crippen LogP contribution in [0.1, 0.15) is 23.8 Å². The highest BCUT2D eigenvalue weighted by Crippen LogP contribution is 2.21. The van der Waals surface area contributed by atoms with Crippen molar-refractivity contribution in [3.8, 4) is 0 Å². The topological polar surface area (TPSA) is 68.5 Å². The van der Waals surface area contributed by atoms with Gasteiger partial charge in [-0.2, -0.15) is 0 Å². The van der Waals surface area contributed by atoms with Gasteiger partial charge >= 0.3 is 5.97 Å². The second kappa shape index (κ2) is 8.33. The minimum Gasteiger partial charge on any atom is -0.469 e. The van der Waals surface area contributed by atoms with Crippen LogP contribution < -0.4 is 5.32 Å². The van der Waals surface area contributed by atoms with Gasteiger partial charge < -0.3 is 14.5 Å². The zero-order valence-corrected chi connectivity index (χ0v) is 14.1. The van der Waals surface area contributed by atoms with Crippen molar-refractivity contribution in [2.24, 2.45) is 0 Å². The molecular weight excluding hydrogens is 362 g/mol. The van der Waals surface area contributed by atoms with E-state index in [0.717, 1.165) is 10.0 Å². The van der Waals surface area contributed by atoms with E-state index in [9.17, 15) is 9.59 Å². The van der Waals surface area contributed by atoms with Crippen molar-refractivity contribution in [2.75, 3.05) is 7.11 Å². The molecule has 2 aromatic rings. The normalized spacial score (nSPS) is 12.1. The van der Waals surface area contributed by atoms with E-state index in [1.165, 1.54) is 19.4 Å². The maximum absolute atomic E-state index is 12.1. The lowest BCUT2D eigenvalue weighted by Gasteiger charge is -2.17. The number of benzene rings is 1. The molecule has 1 unspecified atom stereocenters. The van der Waals surface area contributed by atoms with Crippen LogP contribution >= 0.6 is 15.9 Å². The Morgan fingerprint density at radius 2 is 2.17 bits per heavy atom. The summed E-state index contributed by atoms with van der Waals surface area (Å²) in [5.74, 6) is -0.146. The Bertz CT molecular complexity index is 694. The molecule has 1 aromatic heterocycles. The van der Waals surface area contributed by atoms with E-state index in [-0.39, 0.29) is 12.3 Å². The monoisotopic (exact) mass is 377 g/mol. The van der Waals surface area contributed by atoms with E-state index in [4.69, 9.17) is 9.15 Å². The Balaban J connectivity index is 2.10. The summed E-state index contributed by atoms with van der Waals surface area (Å²) in [5.41, 5.74) is 0.810. The number of carbonyl (C=O) groups excluding carboxylic acids is 2. The van der Waals surface area contributed by atoms with Crippen molar-refractivity contribution in [2.45, 2.75) is 12.5 Å². The highest BCUT2D eigenvalue weighted by molar-refractivity contribution is 9.10. The quantitative estimate of drug-likeness (QED) is 0.617. The summed E-state index contributed by atoms with van der Waals surface area (Å²) >= 11 is 3.38. The first-order chi connectivity index (χ1) is 11.1. The minimum absolute atomic E-state index is 0.0489. The van der Waals surface area contributed by atoms with Crippen LogP contribution in [0.2, 0.25) is 0 Å². The first kappa shape index (κ1) is 17.0. The summed E-state index contributed by atoms with van der Waals surface area (Å²) in [6.45, 7) is 0. The van der Waals surface area contributed by atoms with Gasteiger partial charge in [-0.05, 0) is 35.9 Å². The smallest absolute Gasteiger partial charge is 0.307 e. The van der Waals surface area contributed by atoms with E-state index in [0.29, 0.717) is 5.76 Å². The van der Waals surface area contributed by atoms with E-state index in [1.54, 1.807) is 18.2 Å². The Morgan fingerprint density at radius 1 is 1.35 bits per heavy atom. The summed E-state index contributed by atoms with van der Waals surface area (Å²) in [4.78, 5) is 23.7. The number of methoxy groups -OCH3 is 1. The summed E-state index contributed by atoms with van der Waals surface area (Å²) in [6, 6.07) is 10.4. The van der Waals surface area contributed by atoms with Gasteiger partial charge in [-0.25, -0.2) is 0 Å². The summed E-state index contributed by atoms with van der Waals surface area (Å²) in [5, 5.41) is 2.80. The molecule has 0 aliphatic heterocycles. The maximum Gasteiger partial charge on any atom is 0.307 e. The van der Waals surface area contributed by atoms with Crippen LogP contribution in [0, 0.1) is 0 Å². The molecule has 2 rings (SSSR count). The number of esters is 1. The van der Waals surface area contributed by atoms with E-state index >= 15 is 0 Å². The Morgan fingerprint density at radius 3 is 2.83 bits per heavy atom. The molecule has 0 radical (unpaired) electrons. The number of hydrogen-bond donors (Lipinski definition) is 1. The van der Waals surface area contributed by atoms with Crippen molar-refractivity contribution in [1.29, 1.82) is 0 Å². The molecule has 0 bridgehead atoms. The molecule has 0 aliphatic carbocycles. The second-order valence-electron chi connectivity index (χ2n) is 4.75. The molecule has 0 saturated heterocycles. The molecule has 1 atom stereocenters. The molecule has 120 valence electrons. The molecular formula is C17H16BrNO4. The molecule has 0 spiro atoms. The molecule has 1 aromatic carbocycles. The van der Waals surface area contributed by atoms with Crippen LogP contribution in [0.15, 0.2) is 57.6 Å². The molecule has 0 saturated carbocycles. The van der Waals surface area contributed by atoms with Gasteiger partial charge in [0.05, 0.1) is 25.8 Å². The maximum atomic E-state index is 12.1. The van der Waals surface area contributed by atoms with Crippen molar-refractivity contribution < 1.29 is 18.7 Å². The molecule has 5 nitrogen and oxygen atoms in total. The van der Waals surface area contributed by atoms with Gasteiger partial charge in [-0.3, -0.25) is 9.59 Å². The highest BCUT2D eigenvalue weighted by Gasteiger charge is 2.18. The third-order valence-corrected chi connectivity index (χ3v) is 3.60. The second-order valence-corrected chi connectivity index (χ2v) is 5.66. The average Bonchev–Trinajstić information content (AvgIpc) is 3.05. The largest absolute Gasteiger partial charge is 0.469 e. The summed E-state index contributed by atoms with van der Waals surface area (Å²) in [7, 11) is 1.32. The van der Waals surface area contributed by atoms with Gasteiger partial charge in [-0.1, -0.05) is 28.1 Å². The highest BCUT2D eigenvalue weighted by atomic mass is 79.9. The van der Waals surface area contributed by atoms with Crippen LogP contribution in [-0.2, 0) is 14.3 Å². The molecule has 1 amide bonds. The van der Waals surface area contributed by atoms with Crippen LogP contribution in [0.4, 0.5) is 0 Å². The van der Waals surface area contributed by atoms with Crippen LogP contribution in [0.25, 0.3) is 6.08 Å². The van der Waals surface area contributed by atoms with Crippen LogP contribution in [0.5, 0.6) is 0 Å². The predicted molar refractivity (Wildman–Crippen MR) is 89.4 cm³/mol. The number of carbonyl (C=O) groups is 2. The molecule has 0 fully saturated rings. The van der Waals surface area contributed by atoms with E-state index in [1.807, 2.05) is 24.3 Å². The predicted octanol–water partition coefficient (Wildman–Crippen LogP) is 3.48. The number of amides is 1. The molecule has 0 aliphatic rings. The van der Waals surface area contributed by atoms with Crippen molar-refractivity contribution >= 4 is 33.9 Å². The van der Waals surface area contributed by atoms with Crippen LogP contribution in [-0.4, -0.2) is 19.0 Å². The Labute approximate surface area is 142 Å². The molecule has 6 heteroatoms. The van der Waals surface area contributed by atoms with E-state index in [2.05, 4.69) is 21.2 Å². The molecule has 23 heavy (non-hydrogen) atoms. The lowest BCUT2D eigenvalue weighted by molar-refractivity contribution is -0.141. The third kappa shape index (κ3) is 5.41. The number of furan rings is 1. The number of nitrogens with one attached hydrogen (secondary N) is 1. The number of ether oxygens (including phenoxy) is 1. The molecule has 1 heterocycles. The minimum atomic E-state index is -0.478. The fourth-order valence-corrected chi connectivity index (χ4v) is 2.41. The Hall–Kier alpha value is -2.34. The first-order valence-electron chi connectivity index (χ1n) is 6.93. The van der Waals surface area contributed by atoms with Gasteiger partial charge in [0.1, 0.15) is 5.76 Å². The van der Waals surface area contributed by atoms with Crippen molar-refractivity contribution in [3.05, 3.63) is 64.5 Å².